The van der Waals surface area contributed by atoms with E-state index >= 15 is 0 Å². The van der Waals surface area contributed by atoms with Crippen LogP contribution in [0.25, 0.3) is 0 Å². The van der Waals surface area contributed by atoms with Gasteiger partial charge in [-0.05, 0) is 43.4 Å². The summed E-state index contributed by atoms with van der Waals surface area (Å²) in [6.07, 6.45) is 3.55. The van der Waals surface area contributed by atoms with Crippen LogP contribution in [0.3, 0.4) is 0 Å². The molecule has 7 atom stereocenters. The number of nitrogens with one attached hydrogen (secondary N) is 1. The van der Waals surface area contributed by atoms with Crippen molar-refractivity contribution in [2.24, 2.45) is 11.8 Å². The van der Waals surface area contributed by atoms with Gasteiger partial charge < -0.3 is 29.7 Å². The van der Waals surface area contributed by atoms with Gasteiger partial charge >= 0.3 is 5.97 Å². The van der Waals surface area contributed by atoms with Gasteiger partial charge in [0.05, 0.1) is 30.6 Å². The number of amides is 3. The topological polar surface area (TPSA) is 125 Å². The number of aliphatic hydroxyl groups excluding tert-OH is 1. The highest BCUT2D eigenvalue weighted by Gasteiger charge is 2.76. The third-order valence-corrected chi connectivity index (χ3v) is 10.3. The number of para-hydroxylation sites is 1. The highest BCUT2D eigenvalue weighted by atomic mass is 79.9. The number of benzene rings is 2. The summed E-state index contributed by atoms with van der Waals surface area (Å²) in [5.74, 6) is -3.52. The summed E-state index contributed by atoms with van der Waals surface area (Å²) in [6, 6.07) is 13.2. The summed E-state index contributed by atoms with van der Waals surface area (Å²) in [6.45, 7) is 11.0. The van der Waals surface area contributed by atoms with E-state index in [0.29, 0.717) is 12.8 Å². The number of halogens is 1. The zero-order valence-corrected chi connectivity index (χ0v) is 28.4. The molecule has 10 nitrogen and oxygen atoms in total. The maximum absolute atomic E-state index is 14.7. The van der Waals surface area contributed by atoms with E-state index in [1.165, 1.54) is 4.90 Å². The summed E-state index contributed by atoms with van der Waals surface area (Å²) in [5.41, 5.74) is 1.92. The molecule has 47 heavy (non-hydrogen) atoms. The van der Waals surface area contributed by atoms with Crippen LogP contribution >= 0.6 is 15.9 Å². The first kappa shape index (κ1) is 34.5. The molecule has 250 valence electrons. The minimum atomic E-state index is -1.31. The van der Waals surface area contributed by atoms with Crippen LogP contribution in [0.2, 0.25) is 0 Å². The average Bonchev–Trinajstić information content (AvgIpc) is 3.65. The second kappa shape index (κ2) is 14.5. The number of β-amino-alcohol motifs (C(OH)–C–C–N with tert-alkyl or cyclic N) is 1. The van der Waals surface area contributed by atoms with Gasteiger partial charge in [0.2, 0.25) is 11.8 Å². The Kier molecular flexibility index (Phi) is 10.7. The first-order valence-corrected chi connectivity index (χ1v) is 16.8. The fourth-order valence-electron chi connectivity index (χ4n) is 7.50. The number of hydrogen-bond donors (Lipinski definition) is 2. The summed E-state index contributed by atoms with van der Waals surface area (Å²) in [4.78, 5) is 58.3. The molecule has 5 rings (SSSR count). The van der Waals surface area contributed by atoms with Crippen LogP contribution in [0.4, 0.5) is 5.69 Å². The van der Waals surface area contributed by atoms with Crippen molar-refractivity contribution in [1.82, 2.24) is 10.2 Å². The van der Waals surface area contributed by atoms with E-state index in [2.05, 4.69) is 34.4 Å². The molecule has 3 saturated heterocycles. The number of fused-ring (bicyclic) bond motifs is 1. The first-order chi connectivity index (χ1) is 22.6. The molecule has 0 radical (unpaired) electrons. The van der Waals surface area contributed by atoms with Crippen LogP contribution < -0.4 is 10.2 Å². The zero-order chi connectivity index (χ0) is 33.9. The molecule has 2 aromatic rings. The molecule has 2 N–H and O–H groups in total. The lowest BCUT2D eigenvalue weighted by Gasteiger charge is -2.37. The number of ether oxygens (including phenoxy) is 2. The van der Waals surface area contributed by atoms with Crippen molar-refractivity contribution in [2.75, 3.05) is 31.2 Å². The molecule has 3 heterocycles. The molecule has 3 fully saturated rings. The number of carbonyl (C=O) groups is 4. The lowest BCUT2D eigenvalue weighted by molar-refractivity contribution is -0.146. The predicted molar refractivity (Wildman–Crippen MR) is 181 cm³/mol. The molecule has 1 spiro atoms. The van der Waals surface area contributed by atoms with Crippen LogP contribution in [0.15, 0.2) is 73.8 Å². The molecule has 0 aliphatic carbocycles. The molecule has 3 aliphatic heterocycles. The minimum Gasteiger partial charge on any atom is -0.463 e. The number of nitrogens with zero attached hydrogens (tertiary/aromatic N) is 2. The summed E-state index contributed by atoms with van der Waals surface area (Å²) < 4.78 is 12.2. The number of aryl methyl sites for hydroxylation is 2. The fourth-order valence-corrected chi connectivity index (χ4v) is 8.44. The molecule has 3 amide bonds. The maximum atomic E-state index is 14.7. The monoisotopic (exact) mass is 707 g/mol. The van der Waals surface area contributed by atoms with Gasteiger partial charge in [-0.3, -0.25) is 19.2 Å². The average molecular weight is 709 g/mol. The van der Waals surface area contributed by atoms with E-state index in [-0.39, 0.29) is 43.5 Å². The number of hydrogen-bond acceptors (Lipinski definition) is 7. The summed E-state index contributed by atoms with van der Waals surface area (Å²) in [7, 11) is 0. The van der Waals surface area contributed by atoms with Crippen molar-refractivity contribution in [3.8, 4) is 0 Å². The third-order valence-electron chi connectivity index (χ3n) is 9.44. The molecule has 0 aromatic heterocycles. The van der Waals surface area contributed by atoms with E-state index in [1.54, 1.807) is 17.1 Å². The number of anilines is 1. The fraction of sp³-hybridized carbons (Fsp3) is 0.444. The predicted octanol–water partition coefficient (Wildman–Crippen LogP) is 3.93. The van der Waals surface area contributed by atoms with Crippen LogP contribution in [-0.2, 0) is 28.7 Å². The summed E-state index contributed by atoms with van der Waals surface area (Å²) in [5, 5.41) is 13.1. The van der Waals surface area contributed by atoms with Crippen molar-refractivity contribution in [2.45, 2.75) is 61.7 Å². The Bertz CT molecular complexity index is 1510. The third kappa shape index (κ3) is 6.40. The van der Waals surface area contributed by atoms with Crippen LogP contribution in [0, 0.1) is 25.7 Å². The van der Waals surface area contributed by atoms with Crippen molar-refractivity contribution >= 4 is 45.3 Å². The number of aliphatic hydroxyl groups is 1. The van der Waals surface area contributed by atoms with Crippen molar-refractivity contribution in [3.05, 3.63) is 90.5 Å². The Hall–Kier alpha value is -3.80. The van der Waals surface area contributed by atoms with Gasteiger partial charge in [0.25, 0.3) is 5.91 Å². The van der Waals surface area contributed by atoms with Crippen LogP contribution in [0.1, 0.15) is 42.0 Å². The Balaban J connectivity index is 1.48. The summed E-state index contributed by atoms with van der Waals surface area (Å²) >= 11 is 3.71. The number of alkyl halides is 1. The molecule has 2 aromatic carbocycles. The van der Waals surface area contributed by atoms with Gasteiger partial charge in [-0.1, -0.05) is 76.6 Å². The number of likely N-dealkylation sites (tertiary alicyclic amines) is 1. The SMILES string of the molecule is C=CCCC(=O)OC[C@@H](NC(=O)[C@H]1[C@@H]2O[C@@]3(CC2Br)[C@@H]1C(=O)N(CCO)[C@@H]3C(=O)N(CC=C)c1c(C)cccc1C)c1ccccc1. The Morgan fingerprint density at radius 3 is 2.49 bits per heavy atom. The lowest BCUT2D eigenvalue weighted by atomic mass is 9.70. The van der Waals surface area contributed by atoms with Crippen molar-refractivity contribution < 1.29 is 33.8 Å². The van der Waals surface area contributed by atoms with E-state index in [1.807, 2.05) is 62.4 Å². The van der Waals surface area contributed by atoms with Gasteiger partial charge in [0.1, 0.15) is 18.2 Å². The van der Waals surface area contributed by atoms with Gasteiger partial charge in [0, 0.05) is 30.0 Å². The quantitative estimate of drug-likeness (QED) is 0.173. The molecule has 0 saturated carbocycles. The largest absolute Gasteiger partial charge is 0.463 e. The van der Waals surface area contributed by atoms with Crippen molar-refractivity contribution in [3.63, 3.8) is 0 Å². The Labute approximate surface area is 283 Å². The second-order valence-electron chi connectivity index (χ2n) is 12.4. The van der Waals surface area contributed by atoms with Gasteiger partial charge in [-0.25, -0.2) is 0 Å². The molecular weight excluding hydrogens is 666 g/mol. The standard InChI is InChI=1S/C36H42BrN3O7/c1-5-7-16-27(42)46-21-26(24-14-9-8-10-15-24)38-33(43)28-29-34(44)40(18-19-41)32(36(29)20-25(37)31(28)47-36)35(45)39(17-6-2)30-22(3)12-11-13-23(30)4/h5-6,8-15,25-26,28-29,31-32,41H,1-2,7,16-21H2,3-4H3,(H,38,43)/t25?,26-,28-,29+,31-,32-,36+/m1/s1. The first-order valence-electron chi connectivity index (χ1n) is 15.9. The maximum Gasteiger partial charge on any atom is 0.306 e. The van der Waals surface area contributed by atoms with E-state index < -0.39 is 53.4 Å². The van der Waals surface area contributed by atoms with E-state index in [9.17, 15) is 24.3 Å². The molecule has 3 aliphatic rings. The second-order valence-corrected chi connectivity index (χ2v) is 13.6. The van der Waals surface area contributed by atoms with Crippen LogP contribution in [0.5, 0.6) is 0 Å². The van der Waals surface area contributed by atoms with E-state index in [0.717, 1.165) is 22.4 Å². The number of carbonyl (C=O) groups excluding carboxylic acids is 4. The number of allylic oxidation sites excluding steroid dienone is 1. The van der Waals surface area contributed by atoms with E-state index in [4.69, 9.17) is 9.47 Å². The van der Waals surface area contributed by atoms with Crippen LogP contribution in [-0.4, -0.2) is 82.6 Å². The number of esters is 1. The lowest BCUT2D eigenvalue weighted by Crippen LogP contribution is -2.57. The van der Waals surface area contributed by atoms with Gasteiger partial charge in [-0.2, -0.15) is 0 Å². The van der Waals surface area contributed by atoms with Gasteiger partial charge in [-0.15, -0.1) is 13.2 Å². The van der Waals surface area contributed by atoms with Gasteiger partial charge in [0.15, 0.2) is 0 Å². The Morgan fingerprint density at radius 1 is 1.15 bits per heavy atom. The Morgan fingerprint density at radius 2 is 1.85 bits per heavy atom. The van der Waals surface area contributed by atoms with Crippen molar-refractivity contribution in [1.29, 1.82) is 0 Å². The molecule has 1 unspecified atom stereocenters. The minimum absolute atomic E-state index is 0.0925. The highest BCUT2D eigenvalue weighted by Crippen LogP contribution is 2.60. The normalized spacial score (nSPS) is 26.4. The zero-order valence-electron chi connectivity index (χ0n) is 26.8. The highest BCUT2D eigenvalue weighted by molar-refractivity contribution is 9.09. The molecule has 11 heteroatoms. The molecule has 2 bridgehead atoms. The number of rotatable bonds is 14. The smallest absolute Gasteiger partial charge is 0.306 e. The molecular formula is C36H42BrN3O7.